The number of nitrogens with one attached hydrogen (secondary N) is 2. The number of hydrogen-bond acceptors (Lipinski definition) is 3. The molecule has 0 aliphatic carbocycles. The van der Waals surface area contributed by atoms with Crippen LogP contribution < -0.4 is 10.6 Å². The van der Waals surface area contributed by atoms with Gasteiger partial charge in [0.2, 0.25) is 5.91 Å². The van der Waals surface area contributed by atoms with Gasteiger partial charge in [0.1, 0.15) is 0 Å². The highest BCUT2D eigenvalue weighted by molar-refractivity contribution is 5.81. The van der Waals surface area contributed by atoms with Crippen molar-refractivity contribution in [2.24, 2.45) is 0 Å². The molecule has 0 aromatic carbocycles. The summed E-state index contributed by atoms with van der Waals surface area (Å²) in [5.41, 5.74) is 0. The Morgan fingerprint density at radius 1 is 1.25 bits per heavy atom. The van der Waals surface area contributed by atoms with Gasteiger partial charge >= 0.3 is 12.3 Å². The molecule has 8 heteroatoms. The number of carbonyl (C=O) groups excluding carboxylic acids is 2. The molecule has 0 aliphatic heterocycles. The van der Waals surface area contributed by atoms with Crippen molar-refractivity contribution in [3.8, 4) is 0 Å². The molecular formula is C8H13F3N2O3. The van der Waals surface area contributed by atoms with Crippen LogP contribution in [0, 0.1) is 0 Å². The smallest absolute Gasteiger partial charge is 0.422 e. The number of rotatable bonds is 5. The summed E-state index contributed by atoms with van der Waals surface area (Å²) in [6.45, 7) is 0.204. The summed E-state index contributed by atoms with van der Waals surface area (Å²) >= 11 is 0. The molecule has 0 rings (SSSR count). The zero-order valence-electron chi connectivity index (χ0n) is 8.69. The second-order valence-electron chi connectivity index (χ2n) is 2.89. The Balaban J connectivity index is 3.61. The van der Waals surface area contributed by atoms with E-state index in [0.29, 0.717) is 6.54 Å². The Bertz CT molecular complexity index is 243. The normalized spacial score (nSPS) is 10.8. The molecule has 0 saturated heterocycles. The molecule has 2 amide bonds. The summed E-state index contributed by atoms with van der Waals surface area (Å²) < 4.78 is 38.6. The monoisotopic (exact) mass is 242 g/mol. The van der Waals surface area contributed by atoms with E-state index in [1.807, 2.05) is 12.2 Å². The van der Waals surface area contributed by atoms with Crippen molar-refractivity contribution in [3.05, 3.63) is 0 Å². The first-order valence-electron chi connectivity index (χ1n) is 4.59. The summed E-state index contributed by atoms with van der Waals surface area (Å²) in [5.74, 6) is -0.481. The second-order valence-corrected chi connectivity index (χ2v) is 2.89. The van der Waals surface area contributed by atoms with Crippen LogP contribution in [0.4, 0.5) is 18.0 Å². The van der Waals surface area contributed by atoms with Gasteiger partial charge in [0.05, 0.1) is 6.54 Å². The molecule has 0 aromatic heterocycles. The third kappa shape index (κ3) is 9.10. The fourth-order valence-electron chi connectivity index (χ4n) is 0.678. The molecule has 0 aromatic rings. The quantitative estimate of drug-likeness (QED) is 0.749. The van der Waals surface area contributed by atoms with Gasteiger partial charge in [-0.3, -0.25) is 4.79 Å². The highest BCUT2D eigenvalue weighted by atomic mass is 19.4. The van der Waals surface area contributed by atoms with Crippen LogP contribution in [0.5, 0.6) is 0 Å². The number of alkyl carbamates (subject to hydrolysis) is 1. The fraction of sp³-hybridized carbons (Fsp3) is 0.750. The summed E-state index contributed by atoms with van der Waals surface area (Å²) in [5, 5.41) is 4.32. The van der Waals surface area contributed by atoms with Crippen molar-refractivity contribution in [2.45, 2.75) is 19.5 Å². The van der Waals surface area contributed by atoms with E-state index in [4.69, 9.17) is 0 Å². The average molecular weight is 242 g/mol. The van der Waals surface area contributed by atoms with E-state index in [1.54, 1.807) is 0 Å². The van der Waals surface area contributed by atoms with Crippen LogP contribution in [0.25, 0.3) is 0 Å². The van der Waals surface area contributed by atoms with Crippen LogP contribution >= 0.6 is 0 Å². The van der Waals surface area contributed by atoms with E-state index in [1.165, 1.54) is 0 Å². The van der Waals surface area contributed by atoms with Gasteiger partial charge in [0, 0.05) is 6.54 Å². The van der Waals surface area contributed by atoms with E-state index < -0.39 is 31.3 Å². The first-order valence-corrected chi connectivity index (χ1v) is 4.59. The van der Waals surface area contributed by atoms with Crippen molar-refractivity contribution in [2.75, 3.05) is 19.7 Å². The summed E-state index contributed by atoms with van der Waals surface area (Å²) in [6.07, 6.45) is -5.12. The van der Waals surface area contributed by atoms with Gasteiger partial charge in [0.25, 0.3) is 0 Å². The van der Waals surface area contributed by atoms with E-state index in [0.717, 1.165) is 6.42 Å². The molecule has 0 atom stereocenters. The minimum atomic E-state index is -4.57. The standard InChI is InChI=1S/C8H13F3N2O3/c1-2-3-12-6(14)4-13-7(15)16-5-8(9,10)11/h2-5H2,1H3,(H,12,14)(H,13,15). The molecule has 0 radical (unpaired) electrons. The molecule has 0 unspecified atom stereocenters. The molecule has 0 aliphatic rings. The van der Waals surface area contributed by atoms with E-state index in [-0.39, 0.29) is 0 Å². The topological polar surface area (TPSA) is 67.4 Å². The van der Waals surface area contributed by atoms with Gasteiger partial charge < -0.3 is 15.4 Å². The zero-order valence-corrected chi connectivity index (χ0v) is 8.69. The van der Waals surface area contributed by atoms with Crippen molar-refractivity contribution < 1.29 is 27.5 Å². The molecule has 0 bridgehead atoms. The summed E-state index contributed by atoms with van der Waals surface area (Å²) in [6, 6.07) is 0. The van der Waals surface area contributed by atoms with E-state index in [9.17, 15) is 22.8 Å². The van der Waals surface area contributed by atoms with Crippen molar-refractivity contribution in [3.63, 3.8) is 0 Å². The number of hydrogen-bond donors (Lipinski definition) is 2. The Morgan fingerprint density at radius 2 is 1.88 bits per heavy atom. The second kappa shape index (κ2) is 6.91. The van der Waals surface area contributed by atoms with Crippen LogP contribution in [0.3, 0.4) is 0 Å². The number of halogens is 3. The Hall–Kier alpha value is -1.47. The van der Waals surface area contributed by atoms with Crippen LogP contribution in [0.15, 0.2) is 0 Å². The molecule has 0 saturated carbocycles. The predicted molar refractivity (Wildman–Crippen MR) is 48.7 cm³/mol. The predicted octanol–water partition coefficient (Wildman–Crippen LogP) is 0.801. The Kier molecular flexibility index (Phi) is 6.28. The van der Waals surface area contributed by atoms with Gasteiger partial charge in [-0.2, -0.15) is 13.2 Å². The van der Waals surface area contributed by atoms with Crippen molar-refractivity contribution in [1.82, 2.24) is 10.6 Å². The largest absolute Gasteiger partial charge is 0.440 e. The fourth-order valence-corrected chi connectivity index (χ4v) is 0.678. The third-order valence-corrected chi connectivity index (χ3v) is 1.33. The molecular weight excluding hydrogens is 229 g/mol. The minimum Gasteiger partial charge on any atom is -0.440 e. The molecule has 2 N–H and O–H groups in total. The third-order valence-electron chi connectivity index (χ3n) is 1.33. The van der Waals surface area contributed by atoms with E-state index >= 15 is 0 Å². The Morgan fingerprint density at radius 3 is 2.38 bits per heavy atom. The first kappa shape index (κ1) is 14.5. The summed E-state index contributed by atoms with van der Waals surface area (Å²) in [4.78, 5) is 21.6. The van der Waals surface area contributed by atoms with Gasteiger partial charge in [-0.1, -0.05) is 6.92 Å². The maximum Gasteiger partial charge on any atom is 0.422 e. The van der Waals surface area contributed by atoms with Gasteiger partial charge in [-0.15, -0.1) is 0 Å². The van der Waals surface area contributed by atoms with Crippen molar-refractivity contribution >= 4 is 12.0 Å². The highest BCUT2D eigenvalue weighted by Crippen LogP contribution is 2.14. The van der Waals surface area contributed by atoms with Crippen LogP contribution in [0.1, 0.15) is 13.3 Å². The van der Waals surface area contributed by atoms with E-state index in [2.05, 4.69) is 10.1 Å². The maximum atomic E-state index is 11.6. The van der Waals surface area contributed by atoms with Gasteiger partial charge in [-0.25, -0.2) is 4.79 Å². The van der Waals surface area contributed by atoms with Crippen molar-refractivity contribution in [1.29, 1.82) is 0 Å². The van der Waals surface area contributed by atoms with Crippen LogP contribution in [-0.2, 0) is 9.53 Å². The number of ether oxygens (including phenoxy) is 1. The molecule has 5 nitrogen and oxygen atoms in total. The number of amides is 2. The van der Waals surface area contributed by atoms with Crippen LogP contribution in [-0.4, -0.2) is 37.9 Å². The average Bonchev–Trinajstić information content (AvgIpc) is 2.19. The molecule has 0 spiro atoms. The molecule has 16 heavy (non-hydrogen) atoms. The lowest BCUT2D eigenvalue weighted by Gasteiger charge is -2.09. The number of alkyl halides is 3. The summed E-state index contributed by atoms with van der Waals surface area (Å²) in [7, 11) is 0. The van der Waals surface area contributed by atoms with Crippen LogP contribution in [0.2, 0.25) is 0 Å². The molecule has 0 fully saturated rings. The lowest BCUT2D eigenvalue weighted by molar-refractivity contribution is -0.160. The first-order chi connectivity index (χ1) is 7.35. The minimum absolute atomic E-state index is 0.406. The zero-order chi connectivity index (χ0) is 12.6. The van der Waals surface area contributed by atoms with Gasteiger partial charge in [-0.05, 0) is 6.42 Å². The maximum absolute atomic E-state index is 11.6. The van der Waals surface area contributed by atoms with Gasteiger partial charge in [0.15, 0.2) is 6.61 Å². The lowest BCUT2D eigenvalue weighted by Crippen LogP contribution is -2.38. The number of carbonyl (C=O) groups is 2. The lowest BCUT2D eigenvalue weighted by atomic mass is 10.4. The SMILES string of the molecule is CCCNC(=O)CNC(=O)OCC(F)(F)F. The molecule has 94 valence electrons. The highest BCUT2D eigenvalue weighted by Gasteiger charge is 2.29. The Labute approximate surface area is 90.3 Å². The molecule has 0 heterocycles.